The fraction of sp³-hybridized carbons (Fsp3) is 0.727. The SMILES string of the molecule is C#CCC(N)C(=O)OC(C)(C)CCC. The van der Waals surface area contributed by atoms with Crippen LogP contribution in [0.1, 0.15) is 40.0 Å². The Bertz CT molecular complexity index is 228. The lowest BCUT2D eigenvalue weighted by atomic mass is 10.0. The van der Waals surface area contributed by atoms with Crippen molar-refractivity contribution in [3.05, 3.63) is 0 Å². The molecule has 80 valence electrons. The number of carbonyl (C=O) groups excluding carboxylic acids is 1. The van der Waals surface area contributed by atoms with Crippen LogP contribution in [0.2, 0.25) is 0 Å². The summed E-state index contributed by atoms with van der Waals surface area (Å²) < 4.78 is 5.23. The molecule has 0 aromatic carbocycles. The summed E-state index contributed by atoms with van der Waals surface area (Å²) in [5.41, 5.74) is 5.07. The lowest BCUT2D eigenvalue weighted by Crippen LogP contribution is -2.38. The van der Waals surface area contributed by atoms with E-state index in [9.17, 15) is 4.79 Å². The second-order valence-corrected chi connectivity index (χ2v) is 3.95. The molecule has 0 aliphatic heterocycles. The predicted octanol–water partition coefficient (Wildman–Crippen LogP) is 1.46. The van der Waals surface area contributed by atoms with E-state index in [4.69, 9.17) is 16.9 Å². The monoisotopic (exact) mass is 197 g/mol. The van der Waals surface area contributed by atoms with Crippen molar-refractivity contribution >= 4 is 5.97 Å². The van der Waals surface area contributed by atoms with Crippen molar-refractivity contribution in [2.45, 2.75) is 51.7 Å². The van der Waals surface area contributed by atoms with E-state index in [-0.39, 0.29) is 6.42 Å². The summed E-state index contributed by atoms with van der Waals surface area (Å²) in [5.74, 6) is 1.92. The van der Waals surface area contributed by atoms with E-state index in [1.54, 1.807) is 0 Å². The van der Waals surface area contributed by atoms with Crippen LogP contribution in [0.25, 0.3) is 0 Å². The van der Waals surface area contributed by atoms with Crippen LogP contribution in [0.3, 0.4) is 0 Å². The Morgan fingerprint density at radius 1 is 1.64 bits per heavy atom. The summed E-state index contributed by atoms with van der Waals surface area (Å²) in [5, 5.41) is 0. The Balaban J connectivity index is 4.11. The van der Waals surface area contributed by atoms with Gasteiger partial charge in [0.05, 0.1) is 0 Å². The smallest absolute Gasteiger partial charge is 0.324 e. The summed E-state index contributed by atoms with van der Waals surface area (Å²) in [7, 11) is 0. The van der Waals surface area contributed by atoms with Crippen LogP contribution in [0.5, 0.6) is 0 Å². The molecule has 0 aromatic heterocycles. The van der Waals surface area contributed by atoms with Gasteiger partial charge in [-0.15, -0.1) is 12.3 Å². The molecule has 0 saturated carbocycles. The average molecular weight is 197 g/mol. The molecule has 0 amide bonds. The minimum Gasteiger partial charge on any atom is -0.458 e. The van der Waals surface area contributed by atoms with Gasteiger partial charge in [0.2, 0.25) is 0 Å². The van der Waals surface area contributed by atoms with Gasteiger partial charge in [0.25, 0.3) is 0 Å². The van der Waals surface area contributed by atoms with Gasteiger partial charge in [-0.2, -0.15) is 0 Å². The van der Waals surface area contributed by atoms with Crippen LogP contribution in [-0.4, -0.2) is 17.6 Å². The van der Waals surface area contributed by atoms with E-state index in [2.05, 4.69) is 5.92 Å². The Morgan fingerprint density at radius 2 is 2.21 bits per heavy atom. The van der Waals surface area contributed by atoms with E-state index in [0.29, 0.717) is 0 Å². The molecule has 1 unspecified atom stereocenters. The van der Waals surface area contributed by atoms with Gasteiger partial charge in [-0.25, -0.2) is 0 Å². The molecule has 1 atom stereocenters. The molecule has 0 heterocycles. The molecule has 3 nitrogen and oxygen atoms in total. The summed E-state index contributed by atoms with van der Waals surface area (Å²) in [6.45, 7) is 5.78. The molecule has 0 aliphatic carbocycles. The molecule has 0 fully saturated rings. The molecule has 2 N–H and O–H groups in total. The van der Waals surface area contributed by atoms with E-state index in [0.717, 1.165) is 12.8 Å². The van der Waals surface area contributed by atoms with Crippen LogP contribution < -0.4 is 5.73 Å². The standard InChI is InChI=1S/C11H19NO2/c1-5-7-9(12)10(13)14-11(3,4)8-6-2/h1,9H,6-8,12H2,2-4H3. The average Bonchev–Trinajstić information content (AvgIpc) is 2.03. The van der Waals surface area contributed by atoms with Gasteiger partial charge in [-0.3, -0.25) is 4.79 Å². The highest BCUT2D eigenvalue weighted by molar-refractivity contribution is 5.76. The van der Waals surface area contributed by atoms with Crippen LogP contribution in [0.15, 0.2) is 0 Å². The fourth-order valence-electron chi connectivity index (χ4n) is 1.21. The summed E-state index contributed by atoms with van der Waals surface area (Å²) >= 11 is 0. The lowest BCUT2D eigenvalue weighted by Gasteiger charge is -2.25. The zero-order valence-corrected chi connectivity index (χ0v) is 9.17. The van der Waals surface area contributed by atoms with E-state index >= 15 is 0 Å². The third-order valence-electron chi connectivity index (χ3n) is 1.87. The first-order chi connectivity index (χ1) is 6.43. The van der Waals surface area contributed by atoms with Gasteiger partial charge in [0.1, 0.15) is 11.6 Å². The fourth-order valence-corrected chi connectivity index (χ4v) is 1.21. The number of nitrogens with two attached hydrogens (primary N) is 1. The maximum Gasteiger partial charge on any atom is 0.324 e. The van der Waals surface area contributed by atoms with Crippen LogP contribution >= 0.6 is 0 Å². The van der Waals surface area contributed by atoms with Crippen LogP contribution in [-0.2, 0) is 9.53 Å². The van der Waals surface area contributed by atoms with E-state index in [1.165, 1.54) is 0 Å². The molecular weight excluding hydrogens is 178 g/mol. The van der Waals surface area contributed by atoms with Crippen molar-refractivity contribution in [2.75, 3.05) is 0 Å². The second-order valence-electron chi connectivity index (χ2n) is 3.95. The topological polar surface area (TPSA) is 52.3 Å². The highest BCUT2D eigenvalue weighted by atomic mass is 16.6. The summed E-state index contributed by atoms with van der Waals surface area (Å²) in [4.78, 5) is 11.4. The maximum absolute atomic E-state index is 11.4. The molecule has 0 aliphatic rings. The number of hydrogen-bond donors (Lipinski definition) is 1. The van der Waals surface area contributed by atoms with Crippen LogP contribution in [0, 0.1) is 12.3 Å². The molecule has 0 radical (unpaired) electrons. The molecule has 0 rings (SSSR count). The lowest BCUT2D eigenvalue weighted by molar-refractivity contribution is -0.158. The van der Waals surface area contributed by atoms with Crippen LogP contribution in [0.4, 0.5) is 0 Å². The van der Waals surface area contributed by atoms with Gasteiger partial charge >= 0.3 is 5.97 Å². The summed E-state index contributed by atoms with van der Waals surface area (Å²) in [6.07, 6.45) is 7.06. The number of terminal acetylenes is 1. The number of rotatable bonds is 5. The third-order valence-corrected chi connectivity index (χ3v) is 1.87. The van der Waals surface area contributed by atoms with Crippen molar-refractivity contribution in [3.63, 3.8) is 0 Å². The Hall–Kier alpha value is -1.01. The number of carbonyl (C=O) groups is 1. The van der Waals surface area contributed by atoms with E-state index < -0.39 is 17.6 Å². The molecule has 3 heteroatoms. The minimum absolute atomic E-state index is 0.223. The Kier molecular flexibility index (Phi) is 5.26. The molecule has 0 bridgehead atoms. The highest BCUT2D eigenvalue weighted by Gasteiger charge is 2.24. The Labute approximate surface area is 86.0 Å². The highest BCUT2D eigenvalue weighted by Crippen LogP contribution is 2.17. The predicted molar refractivity (Wildman–Crippen MR) is 56.5 cm³/mol. The van der Waals surface area contributed by atoms with Crippen molar-refractivity contribution in [1.29, 1.82) is 0 Å². The van der Waals surface area contributed by atoms with Gasteiger partial charge in [0, 0.05) is 6.42 Å². The largest absolute Gasteiger partial charge is 0.458 e. The molecule has 0 aromatic rings. The maximum atomic E-state index is 11.4. The van der Waals surface area contributed by atoms with Crippen molar-refractivity contribution in [1.82, 2.24) is 0 Å². The quantitative estimate of drug-likeness (QED) is 0.536. The van der Waals surface area contributed by atoms with E-state index in [1.807, 2.05) is 20.8 Å². The number of ether oxygens (including phenoxy) is 1. The van der Waals surface area contributed by atoms with Crippen molar-refractivity contribution in [2.24, 2.45) is 5.73 Å². The summed E-state index contributed by atoms with van der Waals surface area (Å²) in [6, 6.07) is -0.698. The molecule has 14 heavy (non-hydrogen) atoms. The Morgan fingerprint density at radius 3 is 2.64 bits per heavy atom. The van der Waals surface area contributed by atoms with Gasteiger partial charge in [-0.05, 0) is 20.3 Å². The molecule has 0 spiro atoms. The van der Waals surface area contributed by atoms with Crippen molar-refractivity contribution in [3.8, 4) is 12.3 Å². The number of esters is 1. The van der Waals surface area contributed by atoms with Gasteiger partial charge in [0.15, 0.2) is 0 Å². The van der Waals surface area contributed by atoms with Crippen molar-refractivity contribution < 1.29 is 9.53 Å². The first-order valence-electron chi connectivity index (χ1n) is 4.85. The normalized spacial score (nSPS) is 13.1. The van der Waals surface area contributed by atoms with Gasteiger partial charge < -0.3 is 10.5 Å². The first kappa shape index (κ1) is 13.0. The minimum atomic E-state index is -0.698. The molecular formula is C11H19NO2. The third kappa shape index (κ3) is 4.88. The number of hydrogen-bond acceptors (Lipinski definition) is 3. The second kappa shape index (κ2) is 5.66. The first-order valence-corrected chi connectivity index (χ1v) is 4.85. The molecule has 0 saturated heterocycles. The zero-order chi connectivity index (χ0) is 11.2. The zero-order valence-electron chi connectivity index (χ0n) is 9.17. The van der Waals surface area contributed by atoms with Gasteiger partial charge in [-0.1, -0.05) is 13.3 Å².